The highest BCUT2D eigenvalue weighted by Gasteiger charge is 2.15. The zero-order valence-electron chi connectivity index (χ0n) is 14.3. The Morgan fingerprint density at radius 1 is 1.00 bits per heavy atom. The summed E-state index contributed by atoms with van der Waals surface area (Å²) in [5.74, 6) is 1.03. The number of aromatic amines is 1. The van der Waals surface area contributed by atoms with Gasteiger partial charge in [0, 0.05) is 17.7 Å². The molecular formula is C19H20N6. The molecule has 0 atom stereocenters. The molecule has 4 rings (SSSR count). The minimum absolute atomic E-state index is 0.482. The number of nitrogens with one attached hydrogen (secondary N) is 1. The van der Waals surface area contributed by atoms with Gasteiger partial charge in [0.1, 0.15) is 11.4 Å². The van der Waals surface area contributed by atoms with Crippen molar-refractivity contribution >= 4 is 17.0 Å². The van der Waals surface area contributed by atoms with Crippen LogP contribution in [0.3, 0.4) is 0 Å². The van der Waals surface area contributed by atoms with Gasteiger partial charge in [0.2, 0.25) is 5.95 Å². The monoisotopic (exact) mass is 332 g/mol. The number of nitrogens with zero attached hydrogens (tertiary/aromatic N) is 4. The summed E-state index contributed by atoms with van der Waals surface area (Å²) in [5, 5.41) is 11.5. The minimum Gasteiger partial charge on any atom is -0.369 e. The molecular weight excluding hydrogens is 312 g/mol. The molecule has 2 aromatic heterocycles. The lowest BCUT2D eigenvalue weighted by Gasteiger charge is -2.09. The average molecular weight is 332 g/mol. The number of fused-ring (bicyclic) bond motifs is 1. The zero-order chi connectivity index (χ0) is 17.4. The maximum Gasteiger partial charge on any atom is 0.201 e. The van der Waals surface area contributed by atoms with Crippen molar-refractivity contribution in [2.24, 2.45) is 5.92 Å². The molecule has 0 amide bonds. The fraction of sp³-hybridized carbons (Fsp3) is 0.211. The highest BCUT2D eigenvalue weighted by atomic mass is 15.3. The molecule has 0 saturated carbocycles. The van der Waals surface area contributed by atoms with E-state index >= 15 is 0 Å². The van der Waals surface area contributed by atoms with Crippen molar-refractivity contribution in [3.63, 3.8) is 0 Å². The SMILES string of the molecule is CC(C)Cn1c(N)nc2ccc(-c3n[nH]nc3-c3ccccc3)cc21. The van der Waals surface area contributed by atoms with Crippen molar-refractivity contribution in [1.82, 2.24) is 25.0 Å². The topological polar surface area (TPSA) is 85.4 Å². The summed E-state index contributed by atoms with van der Waals surface area (Å²) in [6, 6.07) is 16.1. The second-order valence-electron chi connectivity index (χ2n) is 6.56. The second kappa shape index (κ2) is 6.05. The molecule has 0 aliphatic rings. The van der Waals surface area contributed by atoms with Gasteiger partial charge in [-0.05, 0) is 18.1 Å². The lowest BCUT2D eigenvalue weighted by atomic mass is 10.0. The highest BCUT2D eigenvalue weighted by molar-refractivity contribution is 5.86. The van der Waals surface area contributed by atoms with Crippen LogP contribution in [0.1, 0.15) is 13.8 Å². The maximum atomic E-state index is 6.11. The van der Waals surface area contributed by atoms with Crippen LogP contribution in [0.2, 0.25) is 0 Å². The Kier molecular flexibility index (Phi) is 3.72. The largest absolute Gasteiger partial charge is 0.369 e. The molecule has 0 radical (unpaired) electrons. The van der Waals surface area contributed by atoms with Gasteiger partial charge in [0.25, 0.3) is 0 Å². The van der Waals surface area contributed by atoms with E-state index in [-0.39, 0.29) is 0 Å². The van der Waals surface area contributed by atoms with E-state index in [4.69, 9.17) is 5.73 Å². The summed E-state index contributed by atoms with van der Waals surface area (Å²) >= 11 is 0. The van der Waals surface area contributed by atoms with Crippen molar-refractivity contribution in [3.05, 3.63) is 48.5 Å². The Bertz CT molecular complexity index is 1010. The van der Waals surface area contributed by atoms with Gasteiger partial charge in [0.05, 0.1) is 11.0 Å². The summed E-state index contributed by atoms with van der Waals surface area (Å²) in [6.45, 7) is 5.16. The van der Waals surface area contributed by atoms with Gasteiger partial charge in [-0.1, -0.05) is 50.2 Å². The number of imidazole rings is 1. The van der Waals surface area contributed by atoms with Crippen molar-refractivity contribution < 1.29 is 0 Å². The quantitative estimate of drug-likeness (QED) is 0.596. The van der Waals surface area contributed by atoms with Gasteiger partial charge in [0.15, 0.2) is 0 Å². The van der Waals surface area contributed by atoms with Gasteiger partial charge < -0.3 is 10.3 Å². The first kappa shape index (κ1) is 15.4. The van der Waals surface area contributed by atoms with Gasteiger partial charge in [-0.2, -0.15) is 15.4 Å². The van der Waals surface area contributed by atoms with Crippen LogP contribution in [0.25, 0.3) is 33.5 Å². The Morgan fingerprint density at radius 3 is 2.44 bits per heavy atom. The smallest absolute Gasteiger partial charge is 0.201 e. The number of nitrogens with two attached hydrogens (primary N) is 1. The number of aromatic nitrogens is 5. The number of rotatable bonds is 4. The molecule has 2 aromatic carbocycles. The Balaban J connectivity index is 1.85. The Labute approximate surface area is 145 Å². The van der Waals surface area contributed by atoms with Crippen LogP contribution in [-0.4, -0.2) is 25.0 Å². The molecule has 0 aliphatic heterocycles. The highest BCUT2D eigenvalue weighted by Crippen LogP contribution is 2.31. The molecule has 0 aliphatic carbocycles. The van der Waals surface area contributed by atoms with Gasteiger partial charge in [-0.25, -0.2) is 4.98 Å². The molecule has 25 heavy (non-hydrogen) atoms. The van der Waals surface area contributed by atoms with Gasteiger partial charge in [-0.3, -0.25) is 0 Å². The normalized spacial score (nSPS) is 11.5. The third-order valence-corrected chi connectivity index (χ3v) is 4.19. The average Bonchev–Trinajstić information content (AvgIpc) is 3.20. The van der Waals surface area contributed by atoms with Crippen LogP contribution in [0.15, 0.2) is 48.5 Å². The summed E-state index contributed by atoms with van der Waals surface area (Å²) < 4.78 is 2.06. The van der Waals surface area contributed by atoms with E-state index in [2.05, 4.69) is 44.9 Å². The number of H-pyrrole nitrogens is 1. The third-order valence-electron chi connectivity index (χ3n) is 4.19. The molecule has 0 bridgehead atoms. The molecule has 0 spiro atoms. The van der Waals surface area contributed by atoms with E-state index in [1.807, 2.05) is 42.5 Å². The summed E-state index contributed by atoms with van der Waals surface area (Å²) in [6.07, 6.45) is 0. The van der Waals surface area contributed by atoms with Crippen molar-refractivity contribution in [1.29, 1.82) is 0 Å². The van der Waals surface area contributed by atoms with Gasteiger partial charge in [-0.15, -0.1) is 0 Å². The molecule has 126 valence electrons. The first-order valence-electron chi connectivity index (χ1n) is 8.36. The summed E-state index contributed by atoms with van der Waals surface area (Å²) in [7, 11) is 0. The standard InChI is InChI=1S/C19H20N6/c1-12(2)11-25-16-10-14(8-9-15(16)21-19(25)20)18-17(22-24-23-18)13-6-4-3-5-7-13/h3-10,12H,11H2,1-2H3,(H2,20,21)(H,22,23,24). The van der Waals surface area contributed by atoms with Crippen LogP contribution in [0, 0.1) is 5.92 Å². The van der Waals surface area contributed by atoms with Crippen LogP contribution in [0.4, 0.5) is 5.95 Å². The Morgan fingerprint density at radius 2 is 1.72 bits per heavy atom. The van der Waals surface area contributed by atoms with Crippen molar-refractivity contribution in [3.8, 4) is 22.5 Å². The number of anilines is 1. The van der Waals surface area contributed by atoms with E-state index in [0.29, 0.717) is 11.9 Å². The predicted molar refractivity (Wildman–Crippen MR) is 99.8 cm³/mol. The molecule has 0 saturated heterocycles. The fourth-order valence-electron chi connectivity index (χ4n) is 3.08. The van der Waals surface area contributed by atoms with Crippen molar-refractivity contribution in [2.75, 3.05) is 5.73 Å². The predicted octanol–water partition coefficient (Wildman–Crippen LogP) is 3.73. The van der Waals surface area contributed by atoms with E-state index in [1.165, 1.54) is 0 Å². The minimum atomic E-state index is 0.482. The first-order valence-corrected chi connectivity index (χ1v) is 8.36. The Hall–Kier alpha value is -3.15. The molecule has 6 nitrogen and oxygen atoms in total. The van der Waals surface area contributed by atoms with Crippen LogP contribution in [-0.2, 0) is 6.54 Å². The molecule has 4 aromatic rings. The van der Waals surface area contributed by atoms with E-state index in [1.54, 1.807) is 0 Å². The molecule has 2 heterocycles. The summed E-state index contributed by atoms with van der Waals surface area (Å²) in [4.78, 5) is 4.47. The lowest BCUT2D eigenvalue weighted by Crippen LogP contribution is -2.07. The first-order chi connectivity index (χ1) is 12.1. The molecule has 6 heteroatoms. The molecule has 0 fully saturated rings. The summed E-state index contributed by atoms with van der Waals surface area (Å²) in [5.41, 5.74) is 11.7. The van der Waals surface area contributed by atoms with Crippen LogP contribution < -0.4 is 5.73 Å². The maximum absolute atomic E-state index is 6.11. The van der Waals surface area contributed by atoms with E-state index in [0.717, 1.165) is 40.1 Å². The fourth-order valence-corrected chi connectivity index (χ4v) is 3.08. The zero-order valence-corrected chi connectivity index (χ0v) is 14.3. The van der Waals surface area contributed by atoms with Gasteiger partial charge >= 0.3 is 0 Å². The van der Waals surface area contributed by atoms with Crippen LogP contribution in [0.5, 0.6) is 0 Å². The number of hydrogen-bond donors (Lipinski definition) is 2. The second-order valence-corrected chi connectivity index (χ2v) is 6.56. The molecule has 0 unspecified atom stereocenters. The lowest BCUT2D eigenvalue weighted by molar-refractivity contribution is 0.538. The van der Waals surface area contributed by atoms with Crippen molar-refractivity contribution in [2.45, 2.75) is 20.4 Å². The number of nitrogen functional groups attached to an aromatic ring is 1. The van der Waals surface area contributed by atoms with Crippen LogP contribution >= 0.6 is 0 Å². The number of benzene rings is 2. The number of hydrogen-bond acceptors (Lipinski definition) is 4. The third kappa shape index (κ3) is 2.76. The van der Waals surface area contributed by atoms with E-state index in [9.17, 15) is 0 Å². The molecule has 3 N–H and O–H groups in total. The van der Waals surface area contributed by atoms with E-state index < -0.39 is 0 Å².